The predicted molar refractivity (Wildman–Crippen MR) is 64.5 cm³/mol. The van der Waals surface area contributed by atoms with Crippen LogP contribution in [-0.2, 0) is 16.0 Å². The van der Waals surface area contributed by atoms with Gasteiger partial charge in [-0.1, -0.05) is 24.8 Å². The van der Waals surface area contributed by atoms with Gasteiger partial charge in [0.25, 0.3) is 0 Å². The number of nitrogens with one attached hydrogen (secondary N) is 1. The monoisotopic (exact) mass is 234 g/mol. The highest BCUT2D eigenvalue weighted by atomic mass is 16.5. The number of primary amides is 1. The quantitative estimate of drug-likeness (QED) is 0.597. The van der Waals surface area contributed by atoms with Crippen LogP contribution in [0.4, 0.5) is 10.5 Å². The minimum Gasteiger partial charge on any atom is -0.461 e. The highest BCUT2D eigenvalue weighted by molar-refractivity contribution is 5.88. The zero-order valence-electron chi connectivity index (χ0n) is 9.31. The SMILES string of the molecule is C=CCOC(=O)Cc1cccc(NC(N)=O)c1. The van der Waals surface area contributed by atoms with Crippen molar-refractivity contribution < 1.29 is 14.3 Å². The van der Waals surface area contributed by atoms with Crippen LogP contribution in [0.25, 0.3) is 0 Å². The highest BCUT2D eigenvalue weighted by Gasteiger charge is 2.05. The van der Waals surface area contributed by atoms with Crippen LogP contribution in [0.15, 0.2) is 36.9 Å². The molecule has 0 aliphatic heterocycles. The van der Waals surface area contributed by atoms with Crippen molar-refractivity contribution in [2.45, 2.75) is 6.42 Å². The van der Waals surface area contributed by atoms with Gasteiger partial charge < -0.3 is 15.8 Å². The van der Waals surface area contributed by atoms with E-state index in [1.165, 1.54) is 6.08 Å². The van der Waals surface area contributed by atoms with Crippen LogP contribution >= 0.6 is 0 Å². The van der Waals surface area contributed by atoms with Crippen LogP contribution in [0, 0.1) is 0 Å². The maximum absolute atomic E-state index is 11.3. The number of benzene rings is 1. The van der Waals surface area contributed by atoms with E-state index in [0.717, 1.165) is 5.56 Å². The molecule has 0 aromatic heterocycles. The minimum atomic E-state index is -0.642. The van der Waals surface area contributed by atoms with Crippen molar-refractivity contribution in [3.8, 4) is 0 Å². The molecule has 3 N–H and O–H groups in total. The molecule has 1 rings (SSSR count). The van der Waals surface area contributed by atoms with E-state index in [2.05, 4.69) is 11.9 Å². The largest absolute Gasteiger partial charge is 0.461 e. The lowest BCUT2D eigenvalue weighted by molar-refractivity contribution is -0.141. The number of rotatable bonds is 5. The van der Waals surface area contributed by atoms with E-state index in [1.807, 2.05) is 0 Å². The number of carbonyl (C=O) groups excluding carboxylic acids is 2. The average molecular weight is 234 g/mol. The second kappa shape index (κ2) is 6.32. The summed E-state index contributed by atoms with van der Waals surface area (Å²) in [5.41, 5.74) is 6.28. The smallest absolute Gasteiger partial charge is 0.316 e. The Morgan fingerprint density at radius 2 is 2.24 bits per heavy atom. The number of carbonyl (C=O) groups is 2. The van der Waals surface area contributed by atoms with E-state index in [1.54, 1.807) is 24.3 Å². The molecule has 0 heterocycles. The summed E-state index contributed by atoms with van der Waals surface area (Å²) in [5, 5.41) is 2.43. The molecule has 0 spiro atoms. The van der Waals surface area contributed by atoms with Crippen molar-refractivity contribution in [2.24, 2.45) is 5.73 Å². The summed E-state index contributed by atoms with van der Waals surface area (Å²) in [7, 11) is 0. The Labute approximate surface area is 99.3 Å². The maximum atomic E-state index is 11.3. The molecule has 0 saturated heterocycles. The zero-order valence-corrected chi connectivity index (χ0v) is 9.31. The number of urea groups is 1. The Morgan fingerprint density at radius 3 is 2.88 bits per heavy atom. The van der Waals surface area contributed by atoms with Gasteiger partial charge in [-0.25, -0.2) is 4.79 Å². The van der Waals surface area contributed by atoms with E-state index >= 15 is 0 Å². The summed E-state index contributed by atoms with van der Waals surface area (Å²) in [4.78, 5) is 22.0. The number of hydrogen-bond donors (Lipinski definition) is 2. The molecule has 0 atom stereocenters. The zero-order chi connectivity index (χ0) is 12.7. The Bertz CT molecular complexity index is 430. The Hall–Kier alpha value is -2.30. The summed E-state index contributed by atoms with van der Waals surface area (Å²) >= 11 is 0. The van der Waals surface area contributed by atoms with Crippen molar-refractivity contribution in [2.75, 3.05) is 11.9 Å². The van der Waals surface area contributed by atoms with E-state index in [0.29, 0.717) is 5.69 Å². The second-order valence-electron chi connectivity index (χ2n) is 3.34. The molecule has 1 aromatic rings. The molecule has 0 saturated carbocycles. The Kier molecular flexibility index (Phi) is 4.75. The fourth-order valence-electron chi connectivity index (χ4n) is 1.27. The van der Waals surface area contributed by atoms with Crippen molar-refractivity contribution in [3.63, 3.8) is 0 Å². The lowest BCUT2D eigenvalue weighted by atomic mass is 10.1. The van der Waals surface area contributed by atoms with E-state index in [9.17, 15) is 9.59 Å². The number of ether oxygens (including phenoxy) is 1. The van der Waals surface area contributed by atoms with Gasteiger partial charge in [0, 0.05) is 5.69 Å². The first-order valence-electron chi connectivity index (χ1n) is 5.03. The van der Waals surface area contributed by atoms with Gasteiger partial charge in [0.15, 0.2) is 0 Å². The summed E-state index contributed by atoms with van der Waals surface area (Å²) < 4.78 is 4.85. The number of nitrogens with two attached hydrogens (primary N) is 1. The lowest BCUT2D eigenvalue weighted by Gasteiger charge is -2.05. The molecule has 17 heavy (non-hydrogen) atoms. The first kappa shape index (κ1) is 12.8. The molecular weight excluding hydrogens is 220 g/mol. The normalized spacial score (nSPS) is 9.41. The first-order chi connectivity index (χ1) is 8.11. The molecule has 0 bridgehead atoms. The van der Waals surface area contributed by atoms with Gasteiger partial charge >= 0.3 is 12.0 Å². The summed E-state index contributed by atoms with van der Waals surface area (Å²) in [5.74, 6) is -0.346. The maximum Gasteiger partial charge on any atom is 0.316 e. The summed E-state index contributed by atoms with van der Waals surface area (Å²) in [6.07, 6.45) is 1.64. The fourth-order valence-corrected chi connectivity index (χ4v) is 1.27. The molecule has 1 aromatic carbocycles. The number of amides is 2. The van der Waals surface area contributed by atoms with Gasteiger partial charge in [-0.2, -0.15) is 0 Å². The minimum absolute atomic E-state index is 0.141. The van der Waals surface area contributed by atoms with Gasteiger partial charge in [-0.05, 0) is 17.7 Å². The Balaban J connectivity index is 2.61. The third-order valence-electron chi connectivity index (χ3n) is 1.91. The van der Waals surface area contributed by atoms with Crippen LogP contribution in [0.5, 0.6) is 0 Å². The van der Waals surface area contributed by atoms with E-state index in [4.69, 9.17) is 10.5 Å². The van der Waals surface area contributed by atoms with Crippen LogP contribution < -0.4 is 11.1 Å². The fraction of sp³-hybridized carbons (Fsp3) is 0.167. The van der Waals surface area contributed by atoms with Crippen LogP contribution in [0.1, 0.15) is 5.56 Å². The molecule has 0 aliphatic rings. The van der Waals surface area contributed by atoms with Crippen molar-refractivity contribution in [1.82, 2.24) is 0 Å². The molecule has 5 heteroatoms. The summed E-state index contributed by atoms with van der Waals surface area (Å²) in [6.45, 7) is 3.64. The van der Waals surface area contributed by atoms with Gasteiger partial charge in [-0.15, -0.1) is 0 Å². The molecular formula is C12H14N2O3. The van der Waals surface area contributed by atoms with E-state index < -0.39 is 6.03 Å². The molecule has 0 unspecified atom stereocenters. The third kappa shape index (κ3) is 4.83. The van der Waals surface area contributed by atoms with Crippen LogP contribution in [-0.4, -0.2) is 18.6 Å². The molecule has 90 valence electrons. The molecule has 5 nitrogen and oxygen atoms in total. The standard InChI is InChI=1S/C12H14N2O3/c1-2-6-17-11(15)8-9-4-3-5-10(7-9)14-12(13)16/h2-5,7H,1,6,8H2,(H3,13,14,16). The third-order valence-corrected chi connectivity index (χ3v) is 1.91. The van der Waals surface area contributed by atoms with E-state index in [-0.39, 0.29) is 19.0 Å². The number of anilines is 1. The predicted octanol–water partition coefficient (Wildman–Crippen LogP) is 1.45. The van der Waals surface area contributed by atoms with Gasteiger partial charge in [0.05, 0.1) is 6.42 Å². The summed E-state index contributed by atoms with van der Waals surface area (Å²) in [6, 6.07) is 6.20. The highest BCUT2D eigenvalue weighted by Crippen LogP contribution is 2.11. The first-order valence-corrected chi connectivity index (χ1v) is 5.03. The van der Waals surface area contributed by atoms with Crippen molar-refractivity contribution in [1.29, 1.82) is 0 Å². The molecule has 2 amide bonds. The topological polar surface area (TPSA) is 81.4 Å². The van der Waals surface area contributed by atoms with Crippen molar-refractivity contribution in [3.05, 3.63) is 42.5 Å². The molecule has 0 fully saturated rings. The molecule has 0 aliphatic carbocycles. The Morgan fingerprint density at radius 1 is 1.47 bits per heavy atom. The van der Waals surface area contributed by atoms with Crippen LogP contribution in [0.2, 0.25) is 0 Å². The van der Waals surface area contributed by atoms with Crippen LogP contribution in [0.3, 0.4) is 0 Å². The average Bonchev–Trinajstić information content (AvgIpc) is 2.26. The lowest BCUT2D eigenvalue weighted by Crippen LogP contribution is -2.19. The van der Waals surface area contributed by atoms with Crippen molar-refractivity contribution >= 4 is 17.7 Å². The van der Waals surface area contributed by atoms with Gasteiger partial charge in [0.1, 0.15) is 6.61 Å². The van der Waals surface area contributed by atoms with Gasteiger partial charge in [-0.3, -0.25) is 4.79 Å². The number of hydrogen-bond acceptors (Lipinski definition) is 3. The van der Waals surface area contributed by atoms with Gasteiger partial charge in [0.2, 0.25) is 0 Å². The molecule has 0 radical (unpaired) electrons. The number of esters is 1. The second-order valence-corrected chi connectivity index (χ2v) is 3.34.